The van der Waals surface area contributed by atoms with Crippen molar-refractivity contribution in [1.29, 1.82) is 0 Å². The third-order valence-corrected chi connectivity index (χ3v) is 179. The first-order valence-corrected chi connectivity index (χ1v) is 50.4. The van der Waals surface area contributed by atoms with Gasteiger partial charge in [0.2, 0.25) is 0 Å². The molecular formula is CH23F3O3SSi11. The van der Waals surface area contributed by atoms with Gasteiger partial charge >= 0.3 is 15.6 Å². The van der Waals surface area contributed by atoms with Crippen molar-refractivity contribution in [2.45, 2.75) is 5.51 Å². The van der Waals surface area contributed by atoms with Crippen molar-refractivity contribution >= 4 is 106 Å². The summed E-state index contributed by atoms with van der Waals surface area (Å²) >= 11 is 0. The molecule has 0 N–H and O–H groups in total. The molecule has 0 aromatic carbocycles. The van der Waals surface area contributed by atoms with Crippen molar-refractivity contribution < 1.29 is 25.5 Å². The van der Waals surface area contributed by atoms with Crippen molar-refractivity contribution in [3.05, 3.63) is 0 Å². The molecule has 0 rings (SSSR count). The predicted octanol–water partition coefficient (Wildman–Crippen LogP) is -10.0. The topological polar surface area (TPSA) is 43.4 Å². The molecule has 0 fully saturated rings. The van der Waals surface area contributed by atoms with E-state index in [4.69, 9.17) is 0 Å². The standard InChI is InChI=1S/CH23F3O3SSi11/c2-1(3,4)8(5,6)7-10-12-14-16-18-19-17-15-13-11-9/h10-19H2,9H3. The molecule has 0 amide bonds. The smallest absolute Gasteiger partial charge is 0.320 e. The summed E-state index contributed by atoms with van der Waals surface area (Å²) < 4.78 is 61.5. The minimum atomic E-state index is -5.23. The lowest BCUT2D eigenvalue weighted by Gasteiger charge is -2.07. The lowest BCUT2D eigenvalue weighted by molar-refractivity contribution is -0.0498. The van der Waals surface area contributed by atoms with Gasteiger partial charge in [-0.15, -0.1) is 0 Å². The highest BCUT2D eigenvalue weighted by Gasteiger charge is 2.46. The SMILES string of the molecule is O=S(=O)(O[SiH2][SiH2][SiH2][SiH2][SiH2][SiH2][SiH2][SiH2][SiH2][SiH2][SiH3])C(F)(F)F. The van der Waals surface area contributed by atoms with Crippen LogP contribution in [0, 0.1) is 0 Å². The predicted molar refractivity (Wildman–Crippen MR) is 111 cm³/mol. The molecule has 0 saturated heterocycles. The Morgan fingerprint density at radius 2 is 1.26 bits per heavy atom. The van der Waals surface area contributed by atoms with E-state index in [0.29, 0.717) is 51.3 Å². The van der Waals surface area contributed by atoms with Gasteiger partial charge in [-0.1, -0.05) is 0 Å². The van der Waals surface area contributed by atoms with Crippen molar-refractivity contribution in [3.8, 4) is 0 Å². The molecule has 0 aliphatic heterocycles. The van der Waals surface area contributed by atoms with E-state index >= 15 is 0 Å². The van der Waals surface area contributed by atoms with Crippen LogP contribution in [0.15, 0.2) is 0 Å². The molecule has 0 radical (unpaired) electrons. The second-order valence-corrected chi connectivity index (χ2v) is 95.0. The average Bonchev–Trinajstić information content (AvgIpc) is 2.30. The van der Waals surface area contributed by atoms with E-state index in [0.717, 1.165) is 0 Å². The second kappa shape index (κ2) is 11.6. The molecular weight excluding hydrogens is 458 g/mol. The zero-order chi connectivity index (χ0) is 14.8. The summed E-state index contributed by atoms with van der Waals surface area (Å²) in [6.45, 7) is 0. The lowest BCUT2D eigenvalue weighted by atomic mass is 11.6. The van der Waals surface area contributed by atoms with Crippen LogP contribution in [0.3, 0.4) is 0 Å². The Morgan fingerprint density at radius 1 is 0.842 bits per heavy atom. The third-order valence-electron chi connectivity index (χ3n) is 2.77. The number of hydrogen-bond acceptors (Lipinski definition) is 3. The highest BCUT2D eigenvalue weighted by atomic mass is 32.2. The fourth-order valence-electron chi connectivity index (χ4n) is 1.65. The minimum Gasteiger partial charge on any atom is -0.320 e. The Morgan fingerprint density at radius 3 is 1.68 bits per heavy atom. The first kappa shape index (κ1) is 21.1. The molecule has 0 spiro atoms. The van der Waals surface area contributed by atoms with Crippen molar-refractivity contribution in [2.75, 3.05) is 0 Å². The summed E-state index contributed by atoms with van der Waals surface area (Å²) in [5, 5.41) is 0. The van der Waals surface area contributed by atoms with Crippen molar-refractivity contribution in [2.24, 2.45) is 0 Å². The quantitative estimate of drug-likeness (QED) is 0.167. The van der Waals surface area contributed by atoms with Gasteiger partial charge in [-0.25, -0.2) is 0 Å². The van der Waals surface area contributed by atoms with Crippen LogP contribution < -0.4 is 0 Å². The van der Waals surface area contributed by atoms with Gasteiger partial charge in [0, 0.05) is 8.55 Å². The van der Waals surface area contributed by atoms with E-state index in [1.54, 1.807) is 9.76 Å². The Kier molecular flexibility index (Phi) is 12.9. The number of rotatable bonds is 11. The molecule has 3 nitrogen and oxygen atoms in total. The molecule has 0 aromatic heterocycles. The maximum atomic E-state index is 12.0. The van der Waals surface area contributed by atoms with Crippen LogP contribution in [-0.2, 0) is 14.0 Å². The van der Waals surface area contributed by atoms with Gasteiger partial charge in [0.1, 0.15) is 0 Å². The van der Waals surface area contributed by atoms with E-state index in [1.807, 2.05) is 0 Å². The molecule has 18 heteroatoms. The average molecular weight is 481 g/mol. The largest absolute Gasteiger partial charge is 0.522 e. The maximum Gasteiger partial charge on any atom is 0.522 e. The zero-order valence-electron chi connectivity index (χ0n) is 11.3. The van der Waals surface area contributed by atoms with Crippen LogP contribution in [0.25, 0.3) is 0 Å². The normalized spacial score (nSPS) is 19.3. The van der Waals surface area contributed by atoms with E-state index in [1.165, 1.54) is 0 Å². The van der Waals surface area contributed by atoms with Crippen LogP contribution in [0.2, 0.25) is 0 Å². The summed E-state index contributed by atoms with van der Waals surface area (Å²) in [7, 11) is -1.74. The molecule has 0 atom stereocenters. The number of alkyl halides is 3. The monoisotopic (exact) mass is 480 g/mol. The van der Waals surface area contributed by atoms with E-state index in [9.17, 15) is 21.6 Å². The first-order chi connectivity index (χ1) is 8.81. The first-order valence-electron chi connectivity index (χ1n) is 6.77. The summed E-state index contributed by atoms with van der Waals surface area (Å²) in [5.41, 5.74) is -5.19. The van der Waals surface area contributed by atoms with E-state index in [-0.39, 0.29) is 17.1 Å². The minimum absolute atomic E-state index is 0.00278. The zero-order valence-corrected chi connectivity index (χ0v) is 28.3. The Hall–Kier alpha value is 2.09. The highest BCUT2D eigenvalue weighted by molar-refractivity contribution is 7.88. The molecule has 0 aromatic rings. The molecule has 19 heavy (non-hydrogen) atoms. The number of hydrogen-bond donors (Lipinski definition) is 0. The fraction of sp³-hybridized carbons (Fsp3) is 1.00. The molecule has 0 aliphatic carbocycles. The van der Waals surface area contributed by atoms with Gasteiger partial charge in [-0.3, -0.25) is 0 Å². The fourth-order valence-corrected chi connectivity index (χ4v) is 335. The van der Waals surface area contributed by atoms with Crippen LogP contribution in [0.5, 0.6) is 0 Å². The third kappa shape index (κ3) is 11.3. The molecule has 0 heterocycles. The van der Waals surface area contributed by atoms with Gasteiger partial charge < -0.3 is 3.87 Å². The second-order valence-electron chi connectivity index (χ2n) is 4.55. The molecule has 0 aliphatic rings. The van der Waals surface area contributed by atoms with E-state index in [2.05, 4.69) is 3.87 Å². The summed E-state index contributed by atoms with van der Waals surface area (Å²) in [5.74, 6) is 0. The maximum absolute atomic E-state index is 12.0. The lowest BCUT2D eigenvalue weighted by Crippen LogP contribution is -2.34. The van der Waals surface area contributed by atoms with Crippen molar-refractivity contribution in [3.63, 3.8) is 0 Å². The van der Waals surface area contributed by atoms with Crippen LogP contribution in [-0.4, -0.2) is 110 Å². The Bertz CT molecular complexity index is 318. The van der Waals surface area contributed by atoms with Gasteiger partial charge in [0.25, 0.3) is 0 Å². The van der Waals surface area contributed by atoms with Crippen LogP contribution in [0.4, 0.5) is 13.2 Å². The Balaban J connectivity index is 3.42. The van der Waals surface area contributed by atoms with Crippen LogP contribution >= 0.6 is 0 Å². The van der Waals surface area contributed by atoms with Gasteiger partial charge in [-0.2, -0.15) is 21.6 Å². The molecule has 0 saturated carbocycles. The van der Waals surface area contributed by atoms with Gasteiger partial charge in [0.05, 0.1) is 0 Å². The summed E-state index contributed by atoms with van der Waals surface area (Å²) in [6, 6.07) is 0. The van der Waals surface area contributed by atoms with Gasteiger partial charge in [0.15, 0.2) is 9.28 Å². The Labute approximate surface area is 136 Å². The van der Waals surface area contributed by atoms with Gasteiger partial charge in [-0.05, 0) is 78.2 Å². The highest BCUT2D eigenvalue weighted by Crippen LogP contribution is 2.23. The number of halogens is 3. The summed E-state index contributed by atoms with van der Waals surface area (Å²) in [4.78, 5) is 0. The van der Waals surface area contributed by atoms with E-state index < -0.39 is 33.5 Å². The van der Waals surface area contributed by atoms with Crippen molar-refractivity contribution in [1.82, 2.24) is 0 Å². The molecule has 116 valence electrons. The summed E-state index contributed by atoms with van der Waals surface area (Å²) in [6.07, 6.45) is 0. The molecule has 0 unspecified atom stereocenters. The molecule has 0 bridgehead atoms. The van der Waals surface area contributed by atoms with Crippen LogP contribution in [0.1, 0.15) is 0 Å².